The van der Waals surface area contributed by atoms with Crippen LogP contribution >= 0.6 is 11.8 Å². The monoisotopic (exact) mass is 245 g/mol. The van der Waals surface area contributed by atoms with E-state index < -0.39 is 0 Å². The van der Waals surface area contributed by atoms with Crippen molar-refractivity contribution in [2.24, 2.45) is 0 Å². The maximum absolute atomic E-state index is 9.03. The van der Waals surface area contributed by atoms with Crippen molar-refractivity contribution in [3.8, 4) is 6.07 Å². The van der Waals surface area contributed by atoms with E-state index in [2.05, 4.69) is 6.07 Å². The van der Waals surface area contributed by atoms with Crippen LogP contribution in [0.3, 0.4) is 0 Å². The van der Waals surface area contributed by atoms with Crippen LogP contribution in [0.2, 0.25) is 0 Å². The minimum absolute atomic E-state index is 0.0438. The lowest BCUT2D eigenvalue weighted by Gasteiger charge is -2.04. The Morgan fingerprint density at radius 3 is 2.88 bits per heavy atom. The average Bonchev–Trinajstić information content (AvgIpc) is 2.89. The molecule has 1 aromatic carbocycles. The molecule has 0 amide bonds. The number of rotatable bonds is 4. The summed E-state index contributed by atoms with van der Waals surface area (Å²) in [6.07, 6.45) is 1.63. The molecule has 0 bridgehead atoms. The van der Waals surface area contributed by atoms with Crippen LogP contribution in [0.4, 0.5) is 0 Å². The molecule has 2 aromatic rings. The largest absolute Gasteiger partial charge is 0.468 e. The van der Waals surface area contributed by atoms with Crippen molar-refractivity contribution < 1.29 is 9.52 Å². The highest BCUT2D eigenvalue weighted by Gasteiger charge is 2.05. The Labute approximate surface area is 104 Å². The van der Waals surface area contributed by atoms with Gasteiger partial charge >= 0.3 is 0 Å². The fourth-order valence-electron chi connectivity index (χ4n) is 1.43. The quantitative estimate of drug-likeness (QED) is 0.841. The van der Waals surface area contributed by atoms with Gasteiger partial charge in [0.25, 0.3) is 0 Å². The van der Waals surface area contributed by atoms with Crippen LogP contribution in [-0.2, 0) is 12.4 Å². The van der Waals surface area contributed by atoms with Crippen LogP contribution in [0.25, 0.3) is 0 Å². The average molecular weight is 245 g/mol. The standard InChI is InChI=1S/C13H11NO2S/c14-7-11-6-10(8-15)3-4-13(11)17-9-12-2-1-5-16-12/h1-6,15H,8-9H2. The maximum atomic E-state index is 9.03. The summed E-state index contributed by atoms with van der Waals surface area (Å²) >= 11 is 1.55. The van der Waals surface area contributed by atoms with E-state index in [0.29, 0.717) is 11.3 Å². The summed E-state index contributed by atoms with van der Waals surface area (Å²) in [6, 6.07) is 11.3. The molecule has 0 unspecified atom stereocenters. The SMILES string of the molecule is N#Cc1cc(CO)ccc1SCc1ccco1. The molecule has 1 heterocycles. The summed E-state index contributed by atoms with van der Waals surface area (Å²) < 4.78 is 5.23. The van der Waals surface area contributed by atoms with E-state index in [9.17, 15) is 0 Å². The first-order chi connectivity index (χ1) is 8.33. The second-order valence-electron chi connectivity index (χ2n) is 3.47. The molecule has 4 heteroatoms. The lowest BCUT2D eigenvalue weighted by molar-refractivity contribution is 0.281. The van der Waals surface area contributed by atoms with Crippen molar-refractivity contribution in [3.63, 3.8) is 0 Å². The third kappa shape index (κ3) is 2.90. The molecule has 0 saturated heterocycles. The number of furan rings is 1. The third-order valence-electron chi connectivity index (χ3n) is 2.30. The number of thioether (sulfide) groups is 1. The molecule has 1 aromatic heterocycles. The summed E-state index contributed by atoms with van der Waals surface area (Å²) in [5.74, 6) is 1.57. The molecule has 0 radical (unpaired) electrons. The Hall–Kier alpha value is -1.70. The number of nitriles is 1. The fourth-order valence-corrected chi connectivity index (χ4v) is 2.32. The Balaban J connectivity index is 2.13. The van der Waals surface area contributed by atoms with Gasteiger partial charge in [-0.2, -0.15) is 5.26 Å². The number of benzene rings is 1. The number of hydrogen-bond acceptors (Lipinski definition) is 4. The zero-order valence-electron chi connectivity index (χ0n) is 9.09. The Bertz CT molecular complexity index is 529. The first-order valence-corrected chi connectivity index (χ1v) is 6.11. The van der Waals surface area contributed by atoms with Crippen molar-refractivity contribution in [2.75, 3.05) is 0 Å². The molecule has 86 valence electrons. The minimum atomic E-state index is -0.0438. The Morgan fingerprint density at radius 2 is 2.24 bits per heavy atom. The van der Waals surface area contributed by atoms with Gasteiger partial charge in [-0.1, -0.05) is 6.07 Å². The lowest BCUT2D eigenvalue weighted by Crippen LogP contribution is -1.88. The second kappa shape index (κ2) is 5.58. The summed E-state index contributed by atoms with van der Waals surface area (Å²) in [4.78, 5) is 0.904. The molecular formula is C13H11NO2S. The van der Waals surface area contributed by atoms with E-state index >= 15 is 0 Å². The van der Waals surface area contributed by atoms with Gasteiger partial charge in [-0.25, -0.2) is 0 Å². The van der Waals surface area contributed by atoms with Gasteiger partial charge in [0, 0.05) is 4.90 Å². The number of aliphatic hydroxyl groups is 1. The maximum Gasteiger partial charge on any atom is 0.113 e. The molecule has 0 aliphatic rings. The van der Waals surface area contributed by atoms with Crippen molar-refractivity contribution in [3.05, 3.63) is 53.5 Å². The van der Waals surface area contributed by atoms with E-state index in [1.54, 1.807) is 24.1 Å². The first kappa shape index (κ1) is 11.8. The second-order valence-corrected chi connectivity index (χ2v) is 4.49. The topological polar surface area (TPSA) is 57.2 Å². The van der Waals surface area contributed by atoms with E-state index in [1.165, 1.54) is 0 Å². The smallest absolute Gasteiger partial charge is 0.113 e. The molecule has 17 heavy (non-hydrogen) atoms. The van der Waals surface area contributed by atoms with Crippen molar-refractivity contribution in [1.82, 2.24) is 0 Å². The molecule has 3 nitrogen and oxygen atoms in total. The number of aliphatic hydroxyl groups excluding tert-OH is 1. The molecule has 0 spiro atoms. The van der Waals surface area contributed by atoms with Gasteiger partial charge in [-0.15, -0.1) is 11.8 Å². The normalized spacial score (nSPS) is 10.1. The van der Waals surface area contributed by atoms with Crippen LogP contribution in [0.5, 0.6) is 0 Å². The van der Waals surface area contributed by atoms with Gasteiger partial charge < -0.3 is 9.52 Å². The zero-order valence-corrected chi connectivity index (χ0v) is 9.91. The van der Waals surface area contributed by atoms with Gasteiger partial charge in [0.15, 0.2) is 0 Å². The summed E-state index contributed by atoms with van der Waals surface area (Å²) in [7, 11) is 0. The summed E-state index contributed by atoms with van der Waals surface area (Å²) in [5, 5.41) is 18.0. The minimum Gasteiger partial charge on any atom is -0.468 e. The highest BCUT2D eigenvalue weighted by molar-refractivity contribution is 7.98. The van der Waals surface area contributed by atoms with E-state index in [4.69, 9.17) is 14.8 Å². The van der Waals surface area contributed by atoms with E-state index in [0.717, 1.165) is 16.2 Å². The number of nitrogens with zero attached hydrogens (tertiary/aromatic N) is 1. The van der Waals surface area contributed by atoms with Crippen molar-refractivity contribution in [2.45, 2.75) is 17.3 Å². The van der Waals surface area contributed by atoms with Gasteiger partial charge in [0.05, 0.1) is 24.2 Å². The van der Waals surface area contributed by atoms with Crippen molar-refractivity contribution >= 4 is 11.8 Å². The van der Waals surface area contributed by atoms with Crippen LogP contribution in [-0.4, -0.2) is 5.11 Å². The molecule has 0 fully saturated rings. The highest BCUT2D eigenvalue weighted by Crippen LogP contribution is 2.27. The molecule has 0 atom stereocenters. The third-order valence-corrected chi connectivity index (χ3v) is 3.39. The van der Waals surface area contributed by atoms with Crippen LogP contribution in [0.15, 0.2) is 45.9 Å². The number of hydrogen-bond donors (Lipinski definition) is 1. The zero-order chi connectivity index (χ0) is 12.1. The van der Waals surface area contributed by atoms with E-state index in [-0.39, 0.29) is 6.61 Å². The van der Waals surface area contributed by atoms with Crippen LogP contribution in [0.1, 0.15) is 16.9 Å². The van der Waals surface area contributed by atoms with Gasteiger partial charge in [0.2, 0.25) is 0 Å². The molecule has 2 rings (SSSR count). The van der Waals surface area contributed by atoms with Crippen LogP contribution in [0, 0.1) is 11.3 Å². The van der Waals surface area contributed by atoms with Gasteiger partial charge in [-0.3, -0.25) is 0 Å². The predicted octanol–water partition coefficient (Wildman–Crippen LogP) is 2.94. The van der Waals surface area contributed by atoms with Gasteiger partial charge in [0.1, 0.15) is 11.8 Å². The highest BCUT2D eigenvalue weighted by atomic mass is 32.2. The Morgan fingerprint density at radius 1 is 1.35 bits per heavy atom. The molecule has 0 aliphatic heterocycles. The van der Waals surface area contributed by atoms with Crippen molar-refractivity contribution in [1.29, 1.82) is 5.26 Å². The Kier molecular flexibility index (Phi) is 3.86. The lowest BCUT2D eigenvalue weighted by atomic mass is 10.1. The fraction of sp³-hybridized carbons (Fsp3) is 0.154. The van der Waals surface area contributed by atoms with Crippen LogP contribution < -0.4 is 0 Å². The predicted molar refractivity (Wildman–Crippen MR) is 65.3 cm³/mol. The molecule has 0 aliphatic carbocycles. The summed E-state index contributed by atoms with van der Waals surface area (Å²) in [5.41, 5.74) is 1.34. The van der Waals surface area contributed by atoms with Gasteiger partial charge in [-0.05, 0) is 29.8 Å². The first-order valence-electron chi connectivity index (χ1n) is 5.12. The molecular weight excluding hydrogens is 234 g/mol. The molecule has 0 saturated carbocycles. The summed E-state index contributed by atoms with van der Waals surface area (Å²) in [6.45, 7) is -0.0438. The molecule has 1 N–H and O–H groups in total. The van der Waals surface area contributed by atoms with E-state index in [1.807, 2.05) is 24.3 Å².